The number of aryl methyl sites for hydroxylation is 1. The van der Waals surface area contributed by atoms with Crippen LogP contribution in [0.1, 0.15) is 17.2 Å². The van der Waals surface area contributed by atoms with Gasteiger partial charge in [0.1, 0.15) is 0 Å². The van der Waals surface area contributed by atoms with Gasteiger partial charge in [0, 0.05) is 6.20 Å². The number of hydrogen-bond acceptors (Lipinski definition) is 2. The second kappa shape index (κ2) is 4.18. The normalized spacial score (nSPS) is 12.3. The van der Waals surface area contributed by atoms with Crippen LogP contribution in [0.4, 0.5) is 0 Å². The van der Waals surface area contributed by atoms with Crippen LogP contribution in [0.2, 0.25) is 0 Å². The van der Waals surface area contributed by atoms with E-state index in [1.807, 2.05) is 25.1 Å². The van der Waals surface area contributed by atoms with Crippen molar-refractivity contribution in [1.82, 2.24) is 9.78 Å². The first-order valence-corrected chi connectivity index (χ1v) is 4.97. The molecule has 0 aliphatic rings. The van der Waals surface area contributed by atoms with Gasteiger partial charge in [-0.1, -0.05) is 30.3 Å². The molecular formula is C12H12N2O2. The third kappa shape index (κ3) is 1.95. The summed E-state index contributed by atoms with van der Waals surface area (Å²) in [5, 5.41) is 13.3. The van der Waals surface area contributed by atoms with E-state index in [1.165, 1.54) is 4.68 Å². The molecule has 0 amide bonds. The van der Waals surface area contributed by atoms with Gasteiger partial charge in [-0.05, 0) is 18.1 Å². The van der Waals surface area contributed by atoms with Gasteiger partial charge in [0.2, 0.25) is 0 Å². The van der Waals surface area contributed by atoms with Crippen molar-refractivity contribution in [2.75, 3.05) is 0 Å². The summed E-state index contributed by atoms with van der Waals surface area (Å²) in [6.45, 7) is 1.88. The van der Waals surface area contributed by atoms with Crippen molar-refractivity contribution in [1.29, 1.82) is 0 Å². The van der Waals surface area contributed by atoms with Gasteiger partial charge in [-0.15, -0.1) is 0 Å². The van der Waals surface area contributed by atoms with E-state index in [9.17, 15) is 9.90 Å². The number of carboxylic acids is 1. The van der Waals surface area contributed by atoms with Crippen molar-refractivity contribution in [3.8, 4) is 0 Å². The maximum absolute atomic E-state index is 11.2. The zero-order chi connectivity index (χ0) is 11.5. The van der Waals surface area contributed by atoms with Crippen molar-refractivity contribution in [3.63, 3.8) is 0 Å². The van der Waals surface area contributed by atoms with Crippen LogP contribution in [0.5, 0.6) is 0 Å². The van der Waals surface area contributed by atoms with Crippen LogP contribution in [0.15, 0.2) is 42.7 Å². The number of carbonyl (C=O) groups is 1. The first-order chi connectivity index (χ1) is 7.68. The van der Waals surface area contributed by atoms with Crippen LogP contribution in [0.25, 0.3) is 0 Å². The molecule has 1 aromatic heterocycles. The summed E-state index contributed by atoms with van der Waals surface area (Å²) in [4.78, 5) is 11.2. The minimum atomic E-state index is -0.908. The Morgan fingerprint density at radius 2 is 2.06 bits per heavy atom. The Kier molecular flexibility index (Phi) is 2.72. The summed E-state index contributed by atoms with van der Waals surface area (Å²) >= 11 is 0. The van der Waals surface area contributed by atoms with Crippen molar-refractivity contribution >= 4 is 5.97 Å². The molecule has 82 valence electrons. The summed E-state index contributed by atoms with van der Waals surface area (Å²) in [6.07, 6.45) is 3.38. The summed E-state index contributed by atoms with van der Waals surface area (Å²) in [5.74, 6) is -0.908. The van der Waals surface area contributed by atoms with E-state index in [1.54, 1.807) is 24.5 Å². The van der Waals surface area contributed by atoms with Crippen LogP contribution in [0, 0.1) is 6.92 Å². The van der Waals surface area contributed by atoms with Crippen molar-refractivity contribution < 1.29 is 9.90 Å². The average molecular weight is 216 g/mol. The van der Waals surface area contributed by atoms with Gasteiger partial charge in [-0.25, -0.2) is 4.79 Å². The molecule has 4 heteroatoms. The first-order valence-electron chi connectivity index (χ1n) is 4.97. The number of hydrogen-bond donors (Lipinski definition) is 1. The smallest absolute Gasteiger partial charge is 0.333 e. The Labute approximate surface area is 93.1 Å². The molecule has 0 aliphatic carbocycles. The molecule has 1 N–H and O–H groups in total. The summed E-state index contributed by atoms with van der Waals surface area (Å²) < 4.78 is 1.47. The monoisotopic (exact) mass is 216 g/mol. The third-order valence-electron chi connectivity index (χ3n) is 2.34. The molecule has 4 nitrogen and oxygen atoms in total. The van der Waals surface area contributed by atoms with E-state index in [2.05, 4.69) is 5.10 Å². The van der Waals surface area contributed by atoms with E-state index < -0.39 is 12.0 Å². The quantitative estimate of drug-likeness (QED) is 0.852. The first kappa shape index (κ1) is 10.4. The molecule has 1 unspecified atom stereocenters. The third-order valence-corrected chi connectivity index (χ3v) is 2.34. The molecule has 1 atom stereocenters. The SMILES string of the molecule is Cc1cnn(C(C(=O)O)c2ccccc2)c1. The zero-order valence-corrected chi connectivity index (χ0v) is 8.87. The van der Waals surface area contributed by atoms with E-state index in [-0.39, 0.29) is 0 Å². The predicted molar refractivity (Wildman–Crippen MR) is 59.2 cm³/mol. The Morgan fingerprint density at radius 3 is 2.56 bits per heavy atom. The molecular weight excluding hydrogens is 204 g/mol. The van der Waals surface area contributed by atoms with Crippen LogP contribution >= 0.6 is 0 Å². The molecule has 0 saturated heterocycles. The summed E-state index contributed by atoms with van der Waals surface area (Å²) in [7, 11) is 0. The highest BCUT2D eigenvalue weighted by Crippen LogP contribution is 2.17. The molecule has 0 spiro atoms. The van der Waals surface area contributed by atoms with Gasteiger partial charge >= 0.3 is 5.97 Å². The van der Waals surface area contributed by atoms with E-state index in [4.69, 9.17) is 0 Å². The molecule has 1 aromatic carbocycles. The van der Waals surface area contributed by atoms with Crippen LogP contribution in [0.3, 0.4) is 0 Å². The second-order valence-electron chi connectivity index (χ2n) is 3.65. The maximum Gasteiger partial charge on any atom is 0.333 e. The van der Waals surface area contributed by atoms with Gasteiger partial charge in [-0.3, -0.25) is 4.68 Å². The fourth-order valence-corrected chi connectivity index (χ4v) is 1.62. The lowest BCUT2D eigenvalue weighted by molar-refractivity contribution is -0.139. The van der Waals surface area contributed by atoms with Crippen molar-refractivity contribution in [2.45, 2.75) is 13.0 Å². The Hall–Kier alpha value is -2.10. The molecule has 16 heavy (non-hydrogen) atoms. The average Bonchev–Trinajstić information content (AvgIpc) is 2.66. The Bertz CT molecular complexity index is 491. The minimum absolute atomic E-state index is 0.720. The number of nitrogens with zero attached hydrogens (tertiary/aromatic N) is 2. The lowest BCUT2D eigenvalue weighted by Gasteiger charge is -2.12. The van der Waals surface area contributed by atoms with Gasteiger partial charge in [0.25, 0.3) is 0 Å². The largest absolute Gasteiger partial charge is 0.479 e. The standard InChI is InChI=1S/C12H12N2O2/c1-9-7-13-14(8-9)11(12(15)16)10-5-3-2-4-6-10/h2-8,11H,1H3,(H,15,16). The molecule has 0 radical (unpaired) electrons. The molecule has 0 saturated carbocycles. The zero-order valence-electron chi connectivity index (χ0n) is 8.87. The van der Waals surface area contributed by atoms with Gasteiger partial charge < -0.3 is 5.11 Å². The molecule has 2 rings (SSSR count). The number of carboxylic acid groups (broad SMARTS) is 1. The van der Waals surface area contributed by atoms with Crippen LogP contribution in [-0.2, 0) is 4.79 Å². The van der Waals surface area contributed by atoms with Gasteiger partial charge in [0.15, 0.2) is 6.04 Å². The van der Waals surface area contributed by atoms with Crippen molar-refractivity contribution in [3.05, 3.63) is 53.9 Å². The lowest BCUT2D eigenvalue weighted by atomic mass is 10.1. The highest BCUT2D eigenvalue weighted by atomic mass is 16.4. The van der Waals surface area contributed by atoms with Crippen LogP contribution in [-0.4, -0.2) is 20.9 Å². The lowest BCUT2D eigenvalue weighted by Crippen LogP contribution is -2.20. The summed E-state index contributed by atoms with van der Waals surface area (Å²) in [5.41, 5.74) is 1.67. The van der Waals surface area contributed by atoms with Crippen LogP contribution < -0.4 is 0 Å². The molecule has 0 bridgehead atoms. The second-order valence-corrected chi connectivity index (χ2v) is 3.65. The number of aromatic nitrogens is 2. The fraction of sp³-hybridized carbons (Fsp3) is 0.167. The molecule has 2 aromatic rings. The van der Waals surface area contributed by atoms with Gasteiger partial charge in [-0.2, -0.15) is 5.10 Å². The highest BCUT2D eigenvalue weighted by Gasteiger charge is 2.21. The molecule has 0 fully saturated rings. The van der Waals surface area contributed by atoms with E-state index in [0.29, 0.717) is 0 Å². The number of benzene rings is 1. The summed E-state index contributed by atoms with van der Waals surface area (Å²) in [6, 6.07) is 8.32. The van der Waals surface area contributed by atoms with E-state index >= 15 is 0 Å². The molecule has 1 heterocycles. The fourth-order valence-electron chi connectivity index (χ4n) is 1.62. The predicted octanol–water partition coefficient (Wildman–Crippen LogP) is 1.87. The molecule has 0 aliphatic heterocycles. The minimum Gasteiger partial charge on any atom is -0.479 e. The van der Waals surface area contributed by atoms with Crippen molar-refractivity contribution in [2.24, 2.45) is 0 Å². The topological polar surface area (TPSA) is 55.1 Å². The van der Waals surface area contributed by atoms with Gasteiger partial charge in [0.05, 0.1) is 6.20 Å². The maximum atomic E-state index is 11.2. The van der Waals surface area contributed by atoms with E-state index in [0.717, 1.165) is 11.1 Å². The highest BCUT2D eigenvalue weighted by molar-refractivity contribution is 5.75. The number of rotatable bonds is 3. The number of aliphatic carboxylic acids is 1. The Balaban J connectivity index is 2.43. The Morgan fingerprint density at radius 1 is 1.38 bits per heavy atom.